The van der Waals surface area contributed by atoms with Crippen molar-refractivity contribution in [3.05, 3.63) is 93.2 Å². The fourth-order valence-corrected chi connectivity index (χ4v) is 3.57. The van der Waals surface area contributed by atoms with Crippen molar-refractivity contribution in [1.82, 2.24) is 15.1 Å². The Hall–Kier alpha value is -3.62. The van der Waals surface area contributed by atoms with Crippen molar-refractivity contribution < 1.29 is 23.1 Å². The molecular formula is C23H22F3N3O3. The molecule has 1 unspecified atom stereocenters. The Labute approximate surface area is 182 Å². The van der Waals surface area contributed by atoms with Crippen LogP contribution < -0.4 is 5.43 Å². The van der Waals surface area contributed by atoms with Crippen LogP contribution in [0.25, 0.3) is 0 Å². The number of aromatic hydroxyl groups is 1. The highest BCUT2D eigenvalue weighted by Gasteiger charge is 2.24. The largest absolute Gasteiger partial charge is 0.502 e. The molecule has 0 aliphatic rings. The molecule has 0 aliphatic carbocycles. The molecule has 3 aromatic rings. The molecule has 32 heavy (non-hydrogen) atoms. The van der Waals surface area contributed by atoms with Crippen molar-refractivity contribution in [2.24, 2.45) is 0 Å². The summed E-state index contributed by atoms with van der Waals surface area (Å²) in [6.45, 7) is 2.30. The van der Waals surface area contributed by atoms with Crippen LogP contribution in [-0.4, -0.2) is 39.2 Å². The number of aromatic amines is 1. The van der Waals surface area contributed by atoms with Crippen LogP contribution in [0.1, 0.15) is 47.3 Å². The number of carbonyl (C=O) groups is 1. The van der Waals surface area contributed by atoms with Crippen molar-refractivity contribution in [1.29, 1.82) is 0 Å². The molecule has 0 fully saturated rings. The summed E-state index contributed by atoms with van der Waals surface area (Å²) < 4.78 is 41.2. The number of halogens is 3. The first-order valence-electron chi connectivity index (χ1n) is 10.1. The third-order valence-corrected chi connectivity index (χ3v) is 5.07. The summed E-state index contributed by atoms with van der Waals surface area (Å²) in [6, 6.07) is 8.73. The van der Waals surface area contributed by atoms with Crippen molar-refractivity contribution in [3.8, 4) is 5.75 Å². The molecule has 0 radical (unpaired) electrons. The summed E-state index contributed by atoms with van der Waals surface area (Å²) in [7, 11) is 0. The third-order valence-electron chi connectivity index (χ3n) is 5.07. The number of nitrogens with zero attached hydrogens (tertiary/aromatic N) is 2. The number of carbonyl (C=O) groups excluding carboxylic acids is 1. The highest BCUT2D eigenvalue weighted by Crippen LogP contribution is 2.30. The normalized spacial score (nSPS) is 11.9. The second kappa shape index (κ2) is 10.1. The van der Waals surface area contributed by atoms with E-state index in [-0.39, 0.29) is 18.7 Å². The molecule has 2 aromatic carbocycles. The second-order valence-electron chi connectivity index (χ2n) is 7.35. The Kier molecular flexibility index (Phi) is 7.29. The first kappa shape index (κ1) is 23.1. The SMILES string of the molecule is CCCN(CCC(c1ccc(F)cc1)c1cc(F)cc(F)c1)C(=O)c1[nH]ncc(=O)c1O. The molecule has 0 bridgehead atoms. The van der Waals surface area contributed by atoms with E-state index in [0.717, 1.165) is 12.3 Å². The van der Waals surface area contributed by atoms with Gasteiger partial charge in [-0.2, -0.15) is 5.10 Å². The molecule has 1 heterocycles. The Bertz CT molecular complexity index is 1130. The molecule has 1 amide bonds. The first-order chi connectivity index (χ1) is 15.3. The quantitative estimate of drug-likeness (QED) is 0.550. The molecule has 168 valence electrons. The van der Waals surface area contributed by atoms with Crippen LogP contribution in [0.15, 0.2) is 53.5 Å². The lowest BCUT2D eigenvalue weighted by atomic mass is 9.88. The zero-order chi connectivity index (χ0) is 23.3. The summed E-state index contributed by atoms with van der Waals surface area (Å²) in [6.07, 6.45) is 1.71. The summed E-state index contributed by atoms with van der Waals surface area (Å²) in [5.74, 6) is -3.82. The predicted molar refractivity (Wildman–Crippen MR) is 112 cm³/mol. The first-order valence-corrected chi connectivity index (χ1v) is 10.1. The Morgan fingerprint density at radius 2 is 1.69 bits per heavy atom. The molecule has 0 spiro atoms. The molecule has 0 aliphatic heterocycles. The molecule has 1 aromatic heterocycles. The number of hydrogen-bond acceptors (Lipinski definition) is 4. The van der Waals surface area contributed by atoms with Gasteiger partial charge in [-0.25, -0.2) is 13.2 Å². The zero-order valence-corrected chi connectivity index (χ0v) is 17.3. The fourth-order valence-electron chi connectivity index (χ4n) is 3.57. The minimum Gasteiger partial charge on any atom is -0.502 e. The number of rotatable bonds is 8. The summed E-state index contributed by atoms with van der Waals surface area (Å²) >= 11 is 0. The third kappa shape index (κ3) is 5.35. The van der Waals surface area contributed by atoms with Crippen LogP contribution in [0.5, 0.6) is 5.75 Å². The highest BCUT2D eigenvalue weighted by atomic mass is 19.1. The lowest BCUT2D eigenvalue weighted by Gasteiger charge is -2.26. The lowest BCUT2D eigenvalue weighted by Crippen LogP contribution is -2.35. The van der Waals surface area contributed by atoms with Crippen molar-refractivity contribution in [2.75, 3.05) is 13.1 Å². The smallest absolute Gasteiger partial charge is 0.275 e. The van der Waals surface area contributed by atoms with Gasteiger partial charge in [0.1, 0.15) is 17.5 Å². The van der Waals surface area contributed by atoms with Crippen LogP contribution in [-0.2, 0) is 0 Å². The van der Waals surface area contributed by atoms with E-state index in [1.54, 1.807) is 0 Å². The van der Waals surface area contributed by atoms with Crippen LogP contribution in [0.3, 0.4) is 0 Å². The average molecular weight is 445 g/mol. The van der Waals surface area contributed by atoms with E-state index in [4.69, 9.17) is 0 Å². The topological polar surface area (TPSA) is 86.3 Å². The van der Waals surface area contributed by atoms with Gasteiger partial charge in [-0.05, 0) is 48.2 Å². The van der Waals surface area contributed by atoms with E-state index in [1.807, 2.05) is 6.92 Å². The Morgan fingerprint density at radius 3 is 2.31 bits per heavy atom. The maximum atomic E-state index is 13.9. The highest BCUT2D eigenvalue weighted by molar-refractivity contribution is 5.94. The number of amides is 1. The maximum absolute atomic E-state index is 13.9. The molecule has 2 N–H and O–H groups in total. The van der Waals surface area contributed by atoms with Gasteiger partial charge in [-0.3, -0.25) is 14.7 Å². The minimum absolute atomic E-state index is 0.142. The van der Waals surface area contributed by atoms with E-state index >= 15 is 0 Å². The van der Waals surface area contributed by atoms with Crippen LogP contribution in [0.4, 0.5) is 13.2 Å². The van der Waals surface area contributed by atoms with Gasteiger partial charge in [0.15, 0.2) is 11.4 Å². The van der Waals surface area contributed by atoms with Gasteiger partial charge >= 0.3 is 0 Å². The molecule has 0 saturated carbocycles. The average Bonchev–Trinajstić information content (AvgIpc) is 2.75. The molecule has 0 saturated heterocycles. The number of hydrogen-bond donors (Lipinski definition) is 2. The molecular weight excluding hydrogens is 423 g/mol. The second-order valence-corrected chi connectivity index (χ2v) is 7.35. The number of H-pyrrole nitrogens is 1. The Balaban J connectivity index is 1.91. The lowest BCUT2D eigenvalue weighted by molar-refractivity contribution is 0.0741. The van der Waals surface area contributed by atoms with E-state index in [9.17, 15) is 27.9 Å². The van der Waals surface area contributed by atoms with Crippen molar-refractivity contribution in [3.63, 3.8) is 0 Å². The van der Waals surface area contributed by atoms with Gasteiger partial charge in [-0.1, -0.05) is 19.1 Å². The zero-order valence-electron chi connectivity index (χ0n) is 17.3. The van der Waals surface area contributed by atoms with Gasteiger partial charge < -0.3 is 10.0 Å². The number of aromatic nitrogens is 2. The molecule has 6 nitrogen and oxygen atoms in total. The van der Waals surface area contributed by atoms with Crippen molar-refractivity contribution >= 4 is 5.91 Å². The van der Waals surface area contributed by atoms with Gasteiger partial charge in [0, 0.05) is 25.1 Å². The molecule has 3 rings (SSSR count). The standard InChI is InChI=1S/C23H22F3N3O3/c1-2-8-29(23(32)21-22(31)20(30)13-27-28-21)9-7-19(14-3-5-16(24)6-4-14)15-10-17(25)12-18(26)11-15/h3-6,10-13,19H,2,7-9H2,1H3,(H,27,31)(H,28,30). The molecule has 1 atom stereocenters. The van der Waals surface area contributed by atoms with E-state index in [1.165, 1.54) is 41.3 Å². The van der Waals surface area contributed by atoms with Gasteiger partial charge in [-0.15, -0.1) is 0 Å². The van der Waals surface area contributed by atoms with Crippen molar-refractivity contribution in [2.45, 2.75) is 25.7 Å². The van der Waals surface area contributed by atoms with Crippen LogP contribution in [0.2, 0.25) is 0 Å². The van der Waals surface area contributed by atoms with Crippen LogP contribution >= 0.6 is 0 Å². The number of benzene rings is 2. The number of nitrogens with one attached hydrogen (secondary N) is 1. The van der Waals surface area contributed by atoms with Gasteiger partial charge in [0.25, 0.3) is 5.91 Å². The monoisotopic (exact) mass is 445 g/mol. The van der Waals surface area contributed by atoms with E-state index in [0.29, 0.717) is 24.1 Å². The van der Waals surface area contributed by atoms with Gasteiger partial charge in [0.2, 0.25) is 5.43 Å². The van der Waals surface area contributed by atoms with Crippen LogP contribution in [0, 0.1) is 17.5 Å². The maximum Gasteiger partial charge on any atom is 0.275 e. The summed E-state index contributed by atoms with van der Waals surface area (Å²) in [5.41, 5.74) is -0.155. The predicted octanol–water partition coefficient (Wildman–Crippen LogP) is 3.97. The van der Waals surface area contributed by atoms with E-state index in [2.05, 4.69) is 10.2 Å². The fraction of sp³-hybridized carbons (Fsp3) is 0.261. The van der Waals surface area contributed by atoms with Gasteiger partial charge in [0.05, 0.1) is 6.20 Å². The summed E-state index contributed by atoms with van der Waals surface area (Å²) in [5, 5.41) is 15.9. The summed E-state index contributed by atoms with van der Waals surface area (Å²) in [4.78, 5) is 26.0. The Morgan fingerprint density at radius 1 is 1.03 bits per heavy atom. The minimum atomic E-state index is -0.789. The van der Waals surface area contributed by atoms with E-state index < -0.39 is 40.5 Å². The molecule has 9 heteroatoms.